The van der Waals surface area contributed by atoms with E-state index in [4.69, 9.17) is 0 Å². The van der Waals surface area contributed by atoms with E-state index in [2.05, 4.69) is 15.9 Å². The van der Waals surface area contributed by atoms with Crippen LogP contribution in [0.4, 0.5) is 13.2 Å². The van der Waals surface area contributed by atoms with Crippen molar-refractivity contribution in [3.8, 4) is 0 Å². The fourth-order valence-corrected chi connectivity index (χ4v) is 2.31. The van der Waals surface area contributed by atoms with Gasteiger partial charge in [-0.25, -0.2) is 13.2 Å². The van der Waals surface area contributed by atoms with Gasteiger partial charge in [0.1, 0.15) is 17.5 Å². The van der Waals surface area contributed by atoms with Crippen LogP contribution in [-0.4, -0.2) is 5.11 Å². The Balaban J connectivity index is 2.25. The minimum atomic E-state index is -1.08. The Labute approximate surface area is 116 Å². The molecule has 1 nitrogen and oxygen atoms in total. The van der Waals surface area contributed by atoms with E-state index in [0.29, 0.717) is 5.56 Å². The summed E-state index contributed by atoms with van der Waals surface area (Å²) in [5.74, 6) is -1.91. The van der Waals surface area contributed by atoms with Gasteiger partial charge in [0.15, 0.2) is 0 Å². The SMILES string of the molecule is OC(Cc1ccc(F)cc1F)c1cccc(F)c1Br. The van der Waals surface area contributed by atoms with Crippen molar-refractivity contribution in [3.63, 3.8) is 0 Å². The molecule has 0 bridgehead atoms. The molecule has 100 valence electrons. The lowest BCUT2D eigenvalue weighted by molar-refractivity contribution is 0.175. The van der Waals surface area contributed by atoms with E-state index in [0.717, 1.165) is 12.1 Å². The van der Waals surface area contributed by atoms with E-state index in [-0.39, 0.29) is 16.5 Å². The van der Waals surface area contributed by atoms with Gasteiger partial charge in [-0.1, -0.05) is 18.2 Å². The summed E-state index contributed by atoms with van der Waals surface area (Å²) in [6, 6.07) is 7.38. The maximum Gasteiger partial charge on any atom is 0.137 e. The standard InChI is InChI=1S/C14H10BrF3O/c15-14-10(2-1-3-11(14)17)13(19)6-8-4-5-9(16)7-12(8)18/h1-5,7,13,19H,6H2. The first-order valence-electron chi connectivity index (χ1n) is 5.55. The van der Waals surface area contributed by atoms with Crippen LogP contribution in [0, 0.1) is 17.5 Å². The maximum absolute atomic E-state index is 13.5. The Hall–Kier alpha value is -1.33. The average molecular weight is 331 g/mol. The van der Waals surface area contributed by atoms with Crippen LogP contribution in [0.2, 0.25) is 0 Å². The van der Waals surface area contributed by atoms with Crippen LogP contribution >= 0.6 is 15.9 Å². The van der Waals surface area contributed by atoms with Crippen LogP contribution in [0.15, 0.2) is 40.9 Å². The summed E-state index contributed by atoms with van der Waals surface area (Å²) in [5, 5.41) is 10.0. The van der Waals surface area contributed by atoms with Crippen LogP contribution in [0.25, 0.3) is 0 Å². The zero-order chi connectivity index (χ0) is 14.0. The number of aliphatic hydroxyl groups is 1. The first kappa shape index (κ1) is 14.1. The summed E-state index contributed by atoms with van der Waals surface area (Å²) in [6.07, 6.45) is -1.14. The van der Waals surface area contributed by atoms with E-state index in [9.17, 15) is 18.3 Å². The van der Waals surface area contributed by atoms with Crippen molar-refractivity contribution in [1.82, 2.24) is 0 Å². The Morgan fingerprint density at radius 1 is 1.05 bits per heavy atom. The Bertz CT molecular complexity index is 601. The number of hydrogen-bond donors (Lipinski definition) is 1. The molecule has 0 spiro atoms. The fourth-order valence-electron chi connectivity index (χ4n) is 1.78. The molecule has 0 amide bonds. The minimum Gasteiger partial charge on any atom is -0.388 e. The molecule has 0 saturated heterocycles. The molecule has 1 atom stereocenters. The molecule has 2 rings (SSSR count). The van der Waals surface area contributed by atoms with Crippen LogP contribution in [-0.2, 0) is 6.42 Å². The lowest BCUT2D eigenvalue weighted by Gasteiger charge is -2.14. The highest BCUT2D eigenvalue weighted by Gasteiger charge is 2.16. The molecule has 0 aliphatic carbocycles. The average Bonchev–Trinajstić information content (AvgIpc) is 2.36. The molecule has 5 heteroatoms. The zero-order valence-electron chi connectivity index (χ0n) is 9.71. The molecule has 1 unspecified atom stereocenters. The van der Waals surface area contributed by atoms with Crippen LogP contribution in [0.3, 0.4) is 0 Å². The van der Waals surface area contributed by atoms with Gasteiger partial charge in [0.2, 0.25) is 0 Å². The van der Waals surface area contributed by atoms with E-state index < -0.39 is 23.6 Å². The van der Waals surface area contributed by atoms with Gasteiger partial charge in [-0.3, -0.25) is 0 Å². The Morgan fingerprint density at radius 3 is 2.47 bits per heavy atom. The summed E-state index contributed by atoms with van der Waals surface area (Å²) in [7, 11) is 0. The molecule has 0 radical (unpaired) electrons. The highest BCUT2D eigenvalue weighted by Crippen LogP contribution is 2.28. The first-order valence-corrected chi connectivity index (χ1v) is 6.34. The Kier molecular flexibility index (Phi) is 4.27. The second-order valence-corrected chi connectivity index (χ2v) is 4.89. The van der Waals surface area contributed by atoms with Crippen LogP contribution < -0.4 is 0 Å². The van der Waals surface area contributed by atoms with Crippen molar-refractivity contribution in [3.05, 3.63) is 69.4 Å². The molecule has 19 heavy (non-hydrogen) atoms. The maximum atomic E-state index is 13.5. The van der Waals surface area contributed by atoms with Crippen molar-refractivity contribution in [2.24, 2.45) is 0 Å². The normalized spacial score (nSPS) is 12.5. The van der Waals surface area contributed by atoms with Gasteiger partial charge < -0.3 is 5.11 Å². The third-order valence-electron chi connectivity index (χ3n) is 2.77. The third-order valence-corrected chi connectivity index (χ3v) is 3.61. The molecule has 0 aromatic heterocycles. The summed E-state index contributed by atoms with van der Waals surface area (Å²) < 4.78 is 39.7. The smallest absolute Gasteiger partial charge is 0.137 e. The van der Waals surface area contributed by atoms with Gasteiger partial charge >= 0.3 is 0 Å². The van der Waals surface area contributed by atoms with Crippen molar-refractivity contribution in [2.45, 2.75) is 12.5 Å². The lowest BCUT2D eigenvalue weighted by atomic mass is 10.0. The number of halogens is 4. The van der Waals surface area contributed by atoms with Crippen molar-refractivity contribution < 1.29 is 18.3 Å². The molecule has 2 aromatic carbocycles. The highest BCUT2D eigenvalue weighted by atomic mass is 79.9. The van der Waals surface area contributed by atoms with Gasteiger partial charge in [-0.2, -0.15) is 0 Å². The number of hydrogen-bond acceptors (Lipinski definition) is 1. The Morgan fingerprint density at radius 2 is 1.79 bits per heavy atom. The molecule has 0 saturated carbocycles. The molecule has 2 aromatic rings. The molecule has 0 aliphatic heterocycles. The molecular weight excluding hydrogens is 321 g/mol. The largest absolute Gasteiger partial charge is 0.388 e. The summed E-state index contributed by atoms with van der Waals surface area (Å²) in [6.45, 7) is 0. The predicted molar refractivity (Wildman–Crippen MR) is 69.1 cm³/mol. The van der Waals surface area contributed by atoms with Gasteiger partial charge in [0.05, 0.1) is 10.6 Å². The summed E-state index contributed by atoms with van der Waals surface area (Å²) in [5.41, 5.74) is 0.494. The molecule has 1 N–H and O–H groups in total. The molecular formula is C14H10BrF3O. The second-order valence-electron chi connectivity index (χ2n) is 4.10. The quantitative estimate of drug-likeness (QED) is 0.896. The van der Waals surface area contributed by atoms with Gasteiger partial charge in [-0.15, -0.1) is 0 Å². The second kappa shape index (κ2) is 5.75. The summed E-state index contributed by atoms with van der Waals surface area (Å²) >= 11 is 3.04. The van der Waals surface area contributed by atoms with Crippen molar-refractivity contribution in [2.75, 3.05) is 0 Å². The van der Waals surface area contributed by atoms with E-state index >= 15 is 0 Å². The molecule has 0 aliphatic rings. The van der Waals surface area contributed by atoms with Crippen molar-refractivity contribution in [1.29, 1.82) is 0 Å². The van der Waals surface area contributed by atoms with Gasteiger partial charge in [-0.05, 0) is 39.2 Å². The number of aliphatic hydroxyl groups excluding tert-OH is 1. The monoisotopic (exact) mass is 330 g/mol. The topological polar surface area (TPSA) is 20.2 Å². The molecule has 0 fully saturated rings. The minimum absolute atomic E-state index is 0.0613. The van der Waals surface area contributed by atoms with Gasteiger partial charge in [0.25, 0.3) is 0 Å². The van der Waals surface area contributed by atoms with Crippen LogP contribution in [0.5, 0.6) is 0 Å². The van der Waals surface area contributed by atoms with E-state index in [1.54, 1.807) is 6.07 Å². The highest BCUT2D eigenvalue weighted by molar-refractivity contribution is 9.10. The first-order chi connectivity index (χ1) is 8.99. The third kappa shape index (κ3) is 3.16. The fraction of sp³-hybridized carbons (Fsp3) is 0.143. The van der Waals surface area contributed by atoms with Crippen LogP contribution in [0.1, 0.15) is 17.2 Å². The lowest BCUT2D eigenvalue weighted by Crippen LogP contribution is -2.05. The number of benzene rings is 2. The zero-order valence-corrected chi connectivity index (χ0v) is 11.3. The summed E-state index contributed by atoms with van der Waals surface area (Å²) in [4.78, 5) is 0. The number of rotatable bonds is 3. The van der Waals surface area contributed by atoms with Gasteiger partial charge in [0, 0.05) is 12.5 Å². The van der Waals surface area contributed by atoms with Crippen molar-refractivity contribution >= 4 is 15.9 Å². The molecule has 0 heterocycles. The predicted octanol–water partition coefficient (Wildman–Crippen LogP) is 4.14. The van der Waals surface area contributed by atoms with E-state index in [1.807, 2.05) is 0 Å². The van der Waals surface area contributed by atoms with E-state index in [1.165, 1.54) is 18.2 Å².